The SMILES string of the molecule is CC(C)CCCC(C)C1CCC2C3CCC4CC(OC(=O)C(C)(C)S(=O)(=O)O)CCC4(C)C3CCC12C. The van der Waals surface area contributed by atoms with Crippen molar-refractivity contribution >= 4 is 16.1 Å². The Hall–Kier alpha value is -0.620. The normalized spacial score (nSPS) is 41.0. The molecule has 37 heavy (non-hydrogen) atoms. The summed E-state index contributed by atoms with van der Waals surface area (Å²) in [7, 11) is -4.51. The molecular weight excluding hydrogens is 484 g/mol. The van der Waals surface area contributed by atoms with Gasteiger partial charge in [-0.05, 0) is 124 Å². The summed E-state index contributed by atoms with van der Waals surface area (Å²) < 4.78 is 36.6. The molecule has 0 aromatic heterocycles. The molecule has 0 aliphatic heterocycles. The molecule has 0 heterocycles. The Morgan fingerprint density at radius 2 is 1.59 bits per heavy atom. The van der Waals surface area contributed by atoms with Gasteiger partial charge in [-0.25, -0.2) is 0 Å². The summed E-state index contributed by atoms with van der Waals surface area (Å²) in [5, 5.41) is 0. The van der Waals surface area contributed by atoms with Crippen LogP contribution in [0.4, 0.5) is 0 Å². The van der Waals surface area contributed by atoms with Crippen LogP contribution in [-0.4, -0.2) is 29.8 Å². The lowest BCUT2D eigenvalue weighted by Crippen LogP contribution is -2.54. The fraction of sp³-hybridized carbons (Fsp3) is 0.968. The van der Waals surface area contributed by atoms with Gasteiger partial charge >= 0.3 is 5.97 Å². The van der Waals surface area contributed by atoms with Crippen molar-refractivity contribution in [3.8, 4) is 0 Å². The van der Waals surface area contributed by atoms with Crippen molar-refractivity contribution in [2.45, 2.75) is 136 Å². The summed E-state index contributed by atoms with van der Waals surface area (Å²) in [6.07, 6.45) is 14.5. The van der Waals surface area contributed by atoms with Gasteiger partial charge in [0.25, 0.3) is 10.1 Å². The summed E-state index contributed by atoms with van der Waals surface area (Å²) in [5.41, 5.74) is 0.780. The molecule has 4 rings (SSSR count). The van der Waals surface area contributed by atoms with Gasteiger partial charge in [-0.1, -0.05) is 53.9 Å². The first-order valence-corrected chi connectivity index (χ1v) is 16.7. The number of carbonyl (C=O) groups excluding carboxylic acids is 1. The number of hydrogen-bond acceptors (Lipinski definition) is 4. The smallest absolute Gasteiger partial charge is 0.329 e. The summed E-state index contributed by atoms with van der Waals surface area (Å²) in [5.74, 6) is 4.63. The lowest BCUT2D eigenvalue weighted by atomic mass is 9.44. The number of esters is 1. The lowest BCUT2D eigenvalue weighted by Gasteiger charge is -2.61. The average Bonchev–Trinajstić information content (AvgIpc) is 3.15. The topological polar surface area (TPSA) is 80.7 Å². The van der Waals surface area contributed by atoms with Crippen molar-refractivity contribution in [3.05, 3.63) is 0 Å². The summed E-state index contributed by atoms with van der Waals surface area (Å²) in [6, 6.07) is 0. The van der Waals surface area contributed by atoms with Crippen LogP contribution in [-0.2, 0) is 19.6 Å². The van der Waals surface area contributed by atoms with E-state index in [-0.39, 0.29) is 11.5 Å². The fourth-order valence-corrected chi connectivity index (χ4v) is 10.0. The highest BCUT2D eigenvalue weighted by Crippen LogP contribution is 2.68. The number of carbonyl (C=O) groups is 1. The first-order valence-electron chi connectivity index (χ1n) is 15.3. The van der Waals surface area contributed by atoms with E-state index in [0.717, 1.165) is 54.8 Å². The molecule has 6 heteroatoms. The van der Waals surface area contributed by atoms with E-state index in [2.05, 4.69) is 34.6 Å². The minimum atomic E-state index is -4.51. The van der Waals surface area contributed by atoms with Crippen molar-refractivity contribution in [1.82, 2.24) is 0 Å². The van der Waals surface area contributed by atoms with Gasteiger partial charge in [-0.15, -0.1) is 0 Å². The van der Waals surface area contributed by atoms with Crippen LogP contribution in [0, 0.1) is 52.3 Å². The molecule has 0 aromatic rings. The number of hydrogen-bond donors (Lipinski definition) is 1. The highest BCUT2D eigenvalue weighted by molar-refractivity contribution is 7.88. The molecule has 214 valence electrons. The van der Waals surface area contributed by atoms with Crippen molar-refractivity contribution in [3.63, 3.8) is 0 Å². The largest absolute Gasteiger partial charge is 0.461 e. The molecule has 0 aromatic carbocycles. The van der Waals surface area contributed by atoms with Gasteiger partial charge in [-0.2, -0.15) is 8.42 Å². The van der Waals surface area contributed by atoms with Gasteiger partial charge in [-0.3, -0.25) is 9.35 Å². The molecule has 0 saturated heterocycles. The van der Waals surface area contributed by atoms with Gasteiger partial charge in [0, 0.05) is 0 Å². The standard InChI is InChI=1S/C31H54O5S/c1-20(2)9-8-10-21(3)25-13-14-26-24-12-11-22-19-23(36-28(32)29(4,5)37(33,34)35)15-17-30(22,6)27(24)16-18-31(25,26)7/h20-27H,8-19H2,1-7H3,(H,33,34,35). The van der Waals surface area contributed by atoms with E-state index in [4.69, 9.17) is 4.74 Å². The van der Waals surface area contributed by atoms with Crippen LogP contribution in [0.3, 0.4) is 0 Å². The van der Waals surface area contributed by atoms with Crippen LogP contribution >= 0.6 is 0 Å². The molecule has 0 amide bonds. The maximum absolute atomic E-state index is 12.6. The minimum absolute atomic E-state index is 0.250. The second-order valence-electron chi connectivity index (χ2n) is 15.0. The minimum Gasteiger partial charge on any atom is -0.461 e. The molecule has 0 radical (unpaired) electrons. The van der Waals surface area contributed by atoms with E-state index in [1.54, 1.807) is 0 Å². The van der Waals surface area contributed by atoms with Crippen LogP contribution in [0.1, 0.15) is 126 Å². The monoisotopic (exact) mass is 538 g/mol. The van der Waals surface area contributed by atoms with Crippen LogP contribution in [0.2, 0.25) is 0 Å². The fourth-order valence-electron chi connectivity index (χ4n) is 9.75. The number of ether oxygens (including phenoxy) is 1. The highest BCUT2D eigenvalue weighted by atomic mass is 32.2. The van der Waals surface area contributed by atoms with E-state index < -0.39 is 20.8 Å². The van der Waals surface area contributed by atoms with Gasteiger partial charge in [0.15, 0.2) is 4.75 Å². The van der Waals surface area contributed by atoms with Crippen molar-refractivity contribution in [1.29, 1.82) is 0 Å². The predicted octanol–water partition coefficient (Wildman–Crippen LogP) is 7.69. The Balaban J connectivity index is 1.41. The van der Waals surface area contributed by atoms with Crippen molar-refractivity contribution in [2.75, 3.05) is 0 Å². The Labute approximate surface area is 227 Å². The zero-order chi connectivity index (χ0) is 27.4. The summed E-state index contributed by atoms with van der Waals surface area (Å²) in [4.78, 5) is 12.6. The van der Waals surface area contributed by atoms with Crippen molar-refractivity contribution < 1.29 is 22.5 Å². The van der Waals surface area contributed by atoms with Gasteiger partial charge in [0.05, 0.1) is 0 Å². The summed E-state index contributed by atoms with van der Waals surface area (Å²) >= 11 is 0. The van der Waals surface area contributed by atoms with E-state index in [0.29, 0.717) is 11.3 Å². The zero-order valence-electron chi connectivity index (χ0n) is 24.6. The van der Waals surface area contributed by atoms with E-state index in [1.165, 1.54) is 71.6 Å². The third kappa shape index (κ3) is 5.28. The second-order valence-corrected chi connectivity index (χ2v) is 16.9. The Morgan fingerprint density at radius 3 is 2.24 bits per heavy atom. The van der Waals surface area contributed by atoms with Crippen LogP contribution in [0.25, 0.3) is 0 Å². The Bertz CT molecular complexity index is 941. The van der Waals surface area contributed by atoms with Crippen molar-refractivity contribution in [2.24, 2.45) is 52.3 Å². The molecule has 5 nitrogen and oxygen atoms in total. The third-order valence-corrected chi connectivity index (χ3v) is 13.7. The molecule has 1 N–H and O–H groups in total. The molecular formula is C31H54O5S. The maximum atomic E-state index is 12.6. The van der Waals surface area contributed by atoms with E-state index in [1.807, 2.05) is 0 Å². The molecule has 4 aliphatic rings. The average molecular weight is 539 g/mol. The van der Waals surface area contributed by atoms with Gasteiger partial charge < -0.3 is 4.74 Å². The first-order chi connectivity index (χ1) is 17.1. The summed E-state index contributed by atoms with van der Waals surface area (Å²) in [6.45, 7) is 14.8. The van der Waals surface area contributed by atoms with E-state index >= 15 is 0 Å². The Kier molecular flexibility index (Phi) is 8.26. The second kappa shape index (κ2) is 10.4. The van der Waals surface area contributed by atoms with E-state index in [9.17, 15) is 17.8 Å². The van der Waals surface area contributed by atoms with Gasteiger partial charge in [0.1, 0.15) is 6.10 Å². The predicted molar refractivity (Wildman–Crippen MR) is 149 cm³/mol. The Morgan fingerprint density at radius 1 is 0.946 bits per heavy atom. The maximum Gasteiger partial charge on any atom is 0.329 e. The first kappa shape index (κ1) is 29.4. The van der Waals surface area contributed by atoms with Crippen LogP contribution in [0.5, 0.6) is 0 Å². The van der Waals surface area contributed by atoms with Crippen LogP contribution in [0.15, 0.2) is 0 Å². The quantitative estimate of drug-likeness (QED) is 0.253. The molecule has 4 saturated carbocycles. The molecule has 9 atom stereocenters. The molecule has 4 fully saturated rings. The molecule has 9 unspecified atom stereocenters. The molecule has 0 spiro atoms. The van der Waals surface area contributed by atoms with Gasteiger partial charge in [0.2, 0.25) is 0 Å². The molecule has 0 bridgehead atoms. The number of rotatable bonds is 8. The number of fused-ring (bicyclic) bond motifs is 5. The third-order valence-electron chi connectivity index (χ3n) is 12.2. The van der Waals surface area contributed by atoms with Crippen LogP contribution < -0.4 is 0 Å². The highest BCUT2D eigenvalue weighted by Gasteiger charge is 2.61. The lowest BCUT2D eigenvalue weighted by molar-refractivity contribution is -0.164. The zero-order valence-corrected chi connectivity index (χ0v) is 25.4. The molecule has 4 aliphatic carbocycles.